The number of ketones is 2. The van der Waals surface area contributed by atoms with Crippen molar-refractivity contribution in [2.75, 3.05) is 5.75 Å². The van der Waals surface area contributed by atoms with Gasteiger partial charge in [0, 0.05) is 16.7 Å². The van der Waals surface area contributed by atoms with Crippen molar-refractivity contribution in [3.63, 3.8) is 0 Å². The van der Waals surface area contributed by atoms with E-state index < -0.39 is 0 Å². The quantitative estimate of drug-likeness (QED) is 0.547. The van der Waals surface area contributed by atoms with E-state index in [0.717, 1.165) is 34.9 Å². The number of carbonyl (C=O) groups excluding carboxylic acids is 2. The van der Waals surface area contributed by atoms with Gasteiger partial charge in [0.15, 0.2) is 11.6 Å². The molecule has 0 aromatic carbocycles. The zero-order chi connectivity index (χ0) is 20.3. The van der Waals surface area contributed by atoms with E-state index in [2.05, 4.69) is 15.2 Å². The molecular weight excluding hydrogens is 386 g/mol. The first kappa shape index (κ1) is 19.1. The summed E-state index contributed by atoms with van der Waals surface area (Å²) < 4.78 is 6.08. The summed E-state index contributed by atoms with van der Waals surface area (Å²) in [4.78, 5) is 27.6. The van der Waals surface area contributed by atoms with Gasteiger partial charge in [-0.05, 0) is 82.6 Å². The Hall–Kier alpha value is -1.89. The van der Waals surface area contributed by atoms with E-state index in [9.17, 15) is 9.59 Å². The molecule has 4 aliphatic carbocycles. The third kappa shape index (κ3) is 3.18. The minimum atomic E-state index is -0.0577. The van der Waals surface area contributed by atoms with Crippen LogP contribution < -0.4 is 0 Å². The zero-order valence-electron chi connectivity index (χ0n) is 17.2. The first-order chi connectivity index (χ1) is 13.8. The van der Waals surface area contributed by atoms with E-state index >= 15 is 0 Å². The Bertz CT molecular complexity index is 954. The maximum Gasteiger partial charge on any atom is 0.277 e. The fourth-order valence-corrected chi connectivity index (χ4v) is 7.25. The third-order valence-corrected chi connectivity index (χ3v) is 8.11. The van der Waals surface area contributed by atoms with Crippen LogP contribution in [0.15, 0.2) is 9.64 Å². The topological polar surface area (TPSA) is 88.9 Å². The summed E-state index contributed by atoms with van der Waals surface area (Å²) in [6.07, 6.45) is 7.67. The Morgan fingerprint density at radius 1 is 1.10 bits per heavy atom. The van der Waals surface area contributed by atoms with Gasteiger partial charge < -0.3 is 9.40 Å². The van der Waals surface area contributed by atoms with Gasteiger partial charge in [0.2, 0.25) is 5.89 Å². The number of nitrogens with zero attached hydrogens (tertiary/aromatic N) is 2. The second kappa shape index (κ2) is 6.83. The highest BCUT2D eigenvalue weighted by molar-refractivity contribution is 7.99. The summed E-state index contributed by atoms with van der Waals surface area (Å²) in [7, 11) is 0. The average molecular weight is 414 g/mol. The molecule has 0 unspecified atom stereocenters. The molecule has 0 aliphatic heterocycles. The number of carbonyl (C=O) groups is 2. The molecule has 4 saturated carbocycles. The number of Topliss-reactive ketones (excluding diaryl/α,β-unsaturated/α-hetero) is 2. The molecule has 0 radical (unpaired) electrons. The third-order valence-electron chi connectivity index (χ3n) is 7.29. The van der Waals surface area contributed by atoms with Crippen LogP contribution in [-0.2, 0) is 5.41 Å². The fraction of sp³-hybridized carbons (Fsp3) is 0.636. The Morgan fingerprint density at radius 2 is 1.72 bits per heavy atom. The van der Waals surface area contributed by atoms with E-state index in [-0.39, 0.29) is 22.7 Å². The maximum absolute atomic E-state index is 12.7. The largest absolute Gasteiger partial charge is 0.415 e. The molecule has 6 rings (SSSR count). The van der Waals surface area contributed by atoms with Crippen LogP contribution in [0.5, 0.6) is 0 Å². The summed E-state index contributed by atoms with van der Waals surface area (Å²) in [6.45, 7) is 5.16. The molecule has 0 saturated heterocycles. The number of H-pyrrole nitrogens is 1. The smallest absolute Gasteiger partial charge is 0.277 e. The molecule has 0 atom stereocenters. The zero-order valence-corrected chi connectivity index (χ0v) is 18.0. The Balaban J connectivity index is 1.29. The number of aromatic amines is 1. The molecule has 154 valence electrons. The van der Waals surface area contributed by atoms with Crippen LogP contribution in [0.3, 0.4) is 0 Å². The van der Waals surface area contributed by atoms with Gasteiger partial charge in [0.1, 0.15) is 0 Å². The highest BCUT2D eigenvalue weighted by atomic mass is 32.2. The molecule has 2 aromatic heterocycles. The Kier molecular flexibility index (Phi) is 4.49. The van der Waals surface area contributed by atoms with Crippen LogP contribution in [0.2, 0.25) is 0 Å². The molecule has 0 spiro atoms. The van der Waals surface area contributed by atoms with Crippen LogP contribution >= 0.6 is 11.8 Å². The summed E-state index contributed by atoms with van der Waals surface area (Å²) in [5, 5.41) is 9.13. The lowest BCUT2D eigenvalue weighted by Gasteiger charge is -2.55. The van der Waals surface area contributed by atoms with Crippen molar-refractivity contribution in [3.8, 4) is 0 Å². The fourth-order valence-electron chi connectivity index (χ4n) is 6.61. The minimum absolute atomic E-state index is 0.0277. The summed E-state index contributed by atoms with van der Waals surface area (Å²) >= 11 is 1.29. The number of aromatic nitrogens is 3. The highest BCUT2D eigenvalue weighted by Gasteiger charge is 2.54. The van der Waals surface area contributed by atoms with Crippen LogP contribution in [0, 0.1) is 31.6 Å². The van der Waals surface area contributed by atoms with Crippen molar-refractivity contribution in [2.24, 2.45) is 17.8 Å². The molecule has 1 N–H and O–H groups in total. The van der Waals surface area contributed by atoms with Crippen molar-refractivity contribution >= 4 is 23.3 Å². The molecule has 4 bridgehead atoms. The van der Waals surface area contributed by atoms with Gasteiger partial charge in [0.05, 0.1) is 11.4 Å². The maximum atomic E-state index is 12.7. The van der Waals surface area contributed by atoms with Gasteiger partial charge >= 0.3 is 0 Å². The second-order valence-electron chi connectivity index (χ2n) is 9.46. The highest BCUT2D eigenvalue weighted by Crippen LogP contribution is 2.60. The van der Waals surface area contributed by atoms with Crippen LogP contribution in [0.1, 0.15) is 83.4 Å². The molecule has 29 heavy (non-hydrogen) atoms. The van der Waals surface area contributed by atoms with Gasteiger partial charge in [-0.3, -0.25) is 9.59 Å². The molecule has 2 heterocycles. The minimum Gasteiger partial charge on any atom is -0.415 e. The van der Waals surface area contributed by atoms with Crippen molar-refractivity contribution in [3.05, 3.63) is 28.4 Å². The van der Waals surface area contributed by atoms with Crippen LogP contribution in [0.4, 0.5) is 0 Å². The van der Waals surface area contributed by atoms with Gasteiger partial charge in [0.25, 0.3) is 5.22 Å². The molecule has 2 aromatic rings. The predicted octanol–water partition coefficient (Wildman–Crippen LogP) is 4.66. The first-order valence-corrected chi connectivity index (χ1v) is 11.5. The molecule has 0 amide bonds. The molecule has 4 fully saturated rings. The number of thioether (sulfide) groups is 1. The molecule has 6 nitrogen and oxygen atoms in total. The average Bonchev–Trinajstić information content (AvgIpc) is 3.23. The van der Waals surface area contributed by atoms with Crippen molar-refractivity contribution in [1.29, 1.82) is 0 Å². The Labute approximate surface area is 174 Å². The van der Waals surface area contributed by atoms with Crippen LogP contribution in [0.25, 0.3) is 0 Å². The molecular formula is C22H27N3O3S. The van der Waals surface area contributed by atoms with E-state index in [0.29, 0.717) is 16.5 Å². The number of aryl methyl sites for hydroxylation is 1. The lowest BCUT2D eigenvalue weighted by Crippen LogP contribution is -2.48. The number of nitrogens with one attached hydrogen (secondary N) is 1. The lowest BCUT2D eigenvalue weighted by atomic mass is 9.49. The standard InChI is InChI=1S/C22H27N3O3S/c1-11-18(13(3)26)12(2)23-19(11)17(27)10-29-21-25-24-20(28-21)22-7-14-4-15(8-22)6-16(5-14)9-22/h14-16,23H,4-10H2,1-3H3. The van der Waals surface area contributed by atoms with Gasteiger partial charge in [-0.2, -0.15) is 0 Å². The predicted molar refractivity (Wildman–Crippen MR) is 109 cm³/mol. The molecule has 4 aliphatic rings. The lowest BCUT2D eigenvalue weighted by molar-refractivity contribution is -0.0191. The van der Waals surface area contributed by atoms with E-state index in [1.54, 1.807) is 0 Å². The van der Waals surface area contributed by atoms with E-state index in [4.69, 9.17) is 4.42 Å². The second-order valence-corrected chi connectivity index (χ2v) is 10.4. The van der Waals surface area contributed by atoms with Crippen molar-refractivity contribution in [1.82, 2.24) is 15.2 Å². The Morgan fingerprint density at radius 3 is 2.28 bits per heavy atom. The summed E-state index contributed by atoms with van der Waals surface area (Å²) in [6, 6.07) is 0. The summed E-state index contributed by atoms with van der Waals surface area (Å²) in [5.41, 5.74) is 2.65. The normalized spacial score (nSPS) is 30.1. The molecule has 7 heteroatoms. The van der Waals surface area contributed by atoms with Crippen molar-refractivity contribution in [2.45, 2.75) is 69.9 Å². The van der Waals surface area contributed by atoms with Gasteiger partial charge in [-0.25, -0.2) is 0 Å². The monoisotopic (exact) mass is 413 g/mol. The van der Waals surface area contributed by atoms with Crippen molar-refractivity contribution < 1.29 is 14.0 Å². The SMILES string of the molecule is CC(=O)c1c(C)[nH]c(C(=O)CSc2nnc(C34CC5CC(CC(C5)C3)C4)o2)c1C. The summed E-state index contributed by atoms with van der Waals surface area (Å²) in [5.74, 6) is 3.37. The number of hydrogen-bond donors (Lipinski definition) is 1. The van der Waals surface area contributed by atoms with E-state index in [1.165, 1.54) is 57.2 Å². The number of hydrogen-bond acceptors (Lipinski definition) is 6. The van der Waals surface area contributed by atoms with E-state index in [1.807, 2.05) is 13.8 Å². The van der Waals surface area contributed by atoms with Gasteiger partial charge in [-0.1, -0.05) is 11.8 Å². The number of rotatable bonds is 6. The first-order valence-electron chi connectivity index (χ1n) is 10.5. The van der Waals surface area contributed by atoms with Gasteiger partial charge in [-0.15, -0.1) is 10.2 Å². The van der Waals surface area contributed by atoms with Crippen LogP contribution in [-0.4, -0.2) is 32.5 Å².